The van der Waals surface area contributed by atoms with E-state index in [1.165, 1.54) is 0 Å². The van der Waals surface area contributed by atoms with Crippen LogP contribution in [0.25, 0.3) is 0 Å². The van der Waals surface area contributed by atoms with Gasteiger partial charge in [0.15, 0.2) is 6.61 Å². The SMILES string of the molecule is CC1CCC(C(C)C)C(OC(=O)N(CCCOc2ccc(CN=C(N)N=C(N)OCC(F)(F)F)cc2Cl)CC(C)(C)CNC(=O)c2ccc(N)cc2)C1. The molecule has 3 atom stereocenters. The van der Waals surface area contributed by atoms with E-state index in [4.69, 9.17) is 38.3 Å². The van der Waals surface area contributed by atoms with Gasteiger partial charge in [-0.3, -0.25) is 4.79 Å². The van der Waals surface area contributed by atoms with Gasteiger partial charge in [0.1, 0.15) is 11.9 Å². The van der Waals surface area contributed by atoms with Gasteiger partial charge in [-0.05, 0) is 84.4 Å². The molecule has 2 aromatic rings. The Labute approximate surface area is 314 Å². The van der Waals surface area contributed by atoms with Crippen molar-refractivity contribution >= 4 is 41.3 Å². The van der Waals surface area contributed by atoms with Gasteiger partial charge in [0.25, 0.3) is 11.9 Å². The number of ether oxygens (including phenoxy) is 3. The second-order valence-electron chi connectivity index (χ2n) is 14.6. The second kappa shape index (κ2) is 19.6. The van der Waals surface area contributed by atoms with Crippen molar-refractivity contribution in [3.63, 3.8) is 0 Å². The number of benzene rings is 2. The molecule has 0 radical (unpaired) electrons. The summed E-state index contributed by atoms with van der Waals surface area (Å²) in [6.07, 6.45) is -1.75. The monoisotopic (exact) mass is 767 g/mol. The van der Waals surface area contributed by atoms with Gasteiger partial charge in [-0.1, -0.05) is 58.7 Å². The Balaban J connectivity index is 1.62. The number of guanidine groups is 1. The minimum Gasteiger partial charge on any atom is -0.492 e. The third-order valence-electron chi connectivity index (χ3n) is 8.85. The first kappa shape index (κ1) is 43.0. The molecular formula is C37H53ClF3N7O5. The fourth-order valence-electron chi connectivity index (χ4n) is 6.02. The van der Waals surface area contributed by atoms with E-state index in [-0.39, 0.29) is 37.0 Å². The van der Waals surface area contributed by atoms with Gasteiger partial charge in [0.2, 0.25) is 5.96 Å². The molecule has 0 aromatic heterocycles. The molecule has 0 saturated heterocycles. The molecule has 7 N–H and O–H groups in total. The van der Waals surface area contributed by atoms with Gasteiger partial charge >= 0.3 is 12.3 Å². The van der Waals surface area contributed by atoms with E-state index >= 15 is 0 Å². The Morgan fingerprint density at radius 1 is 1.09 bits per heavy atom. The van der Waals surface area contributed by atoms with Crippen molar-refractivity contribution < 1.29 is 37.0 Å². The first-order valence-electron chi connectivity index (χ1n) is 17.7. The van der Waals surface area contributed by atoms with Crippen LogP contribution in [0.4, 0.5) is 23.7 Å². The van der Waals surface area contributed by atoms with Crippen LogP contribution in [0.1, 0.15) is 76.2 Å². The number of nitrogens with zero attached hydrogens (tertiary/aromatic N) is 3. The summed E-state index contributed by atoms with van der Waals surface area (Å²) in [6.45, 7) is 10.1. The van der Waals surface area contributed by atoms with Crippen molar-refractivity contribution in [1.29, 1.82) is 0 Å². The lowest BCUT2D eigenvalue weighted by Gasteiger charge is -2.39. The second-order valence-corrected chi connectivity index (χ2v) is 15.0. The van der Waals surface area contributed by atoms with E-state index in [1.54, 1.807) is 47.4 Å². The van der Waals surface area contributed by atoms with E-state index in [0.29, 0.717) is 65.5 Å². The van der Waals surface area contributed by atoms with Crippen molar-refractivity contribution in [2.45, 2.75) is 79.1 Å². The molecule has 2 amide bonds. The molecule has 0 aliphatic heterocycles. The topological polar surface area (TPSA) is 180 Å². The van der Waals surface area contributed by atoms with Gasteiger partial charge in [0, 0.05) is 30.9 Å². The van der Waals surface area contributed by atoms with Gasteiger partial charge < -0.3 is 41.6 Å². The van der Waals surface area contributed by atoms with Gasteiger partial charge in [0.05, 0.1) is 18.2 Å². The van der Waals surface area contributed by atoms with Crippen LogP contribution in [-0.2, 0) is 16.0 Å². The molecule has 0 spiro atoms. The predicted octanol–water partition coefficient (Wildman–Crippen LogP) is 6.76. The number of nitrogens with one attached hydrogen (secondary N) is 1. The molecule has 294 valence electrons. The summed E-state index contributed by atoms with van der Waals surface area (Å²) in [5.41, 5.74) is 17.9. The maximum atomic E-state index is 13.8. The van der Waals surface area contributed by atoms with Crippen LogP contribution in [-0.4, -0.2) is 74.0 Å². The van der Waals surface area contributed by atoms with E-state index in [0.717, 1.165) is 19.3 Å². The molecular weight excluding hydrogens is 715 g/mol. The number of alkyl halides is 3. The molecule has 53 heavy (non-hydrogen) atoms. The lowest BCUT2D eigenvalue weighted by atomic mass is 9.75. The maximum absolute atomic E-state index is 13.8. The zero-order valence-electron chi connectivity index (χ0n) is 31.0. The number of nitrogen functional groups attached to an aromatic ring is 1. The number of nitrogens with two attached hydrogens (primary N) is 3. The van der Waals surface area contributed by atoms with E-state index < -0.39 is 30.3 Å². The number of carbonyl (C=O) groups excluding carboxylic acids is 2. The molecule has 0 bridgehead atoms. The Morgan fingerprint density at radius 2 is 1.79 bits per heavy atom. The third kappa shape index (κ3) is 15.2. The minimum absolute atomic E-state index is 0.0204. The molecule has 3 unspecified atom stereocenters. The summed E-state index contributed by atoms with van der Waals surface area (Å²) in [6, 6.07) is 10.9. The highest BCUT2D eigenvalue weighted by Gasteiger charge is 2.35. The van der Waals surface area contributed by atoms with Crippen molar-refractivity contribution in [3.8, 4) is 5.75 Å². The number of hydrogen-bond acceptors (Lipinski definition) is 7. The van der Waals surface area contributed by atoms with Gasteiger partial charge in [-0.2, -0.15) is 18.2 Å². The van der Waals surface area contributed by atoms with Crippen LogP contribution >= 0.6 is 11.6 Å². The molecule has 1 saturated carbocycles. The van der Waals surface area contributed by atoms with Crippen molar-refractivity contribution in [2.24, 2.45) is 44.6 Å². The maximum Gasteiger partial charge on any atom is 0.422 e. The number of carbonyl (C=O) groups is 2. The molecule has 2 aromatic carbocycles. The number of anilines is 1. The zero-order chi connectivity index (χ0) is 39.3. The highest BCUT2D eigenvalue weighted by Crippen LogP contribution is 2.36. The van der Waals surface area contributed by atoms with Crippen molar-refractivity contribution in [2.75, 3.05) is 38.6 Å². The van der Waals surface area contributed by atoms with E-state index in [1.807, 2.05) is 13.8 Å². The molecule has 1 aliphatic rings. The van der Waals surface area contributed by atoms with Gasteiger partial charge in [-0.15, -0.1) is 0 Å². The van der Waals surface area contributed by atoms with Crippen molar-refractivity contribution in [1.82, 2.24) is 10.2 Å². The van der Waals surface area contributed by atoms with Crippen LogP contribution in [0.2, 0.25) is 5.02 Å². The highest BCUT2D eigenvalue weighted by atomic mass is 35.5. The number of hydrogen-bond donors (Lipinski definition) is 4. The smallest absolute Gasteiger partial charge is 0.422 e. The Hall–Kier alpha value is -4.40. The van der Waals surface area contributed by atoms with Crippen LogP contribution in [0.3, 0.4) is 0 Å². The summed E-state index contributed by atoms with van der Waals surface area (Å²) < 4.78 is 53.3. The predicted molar refractivity (Wildman–Crippen MR) is 201 cm³/mol. The summed E-state index contributed by atoms with van der Waals surface area (Å²) in [5.74, 6) is 0.926. The van der Waals surface area contributed by atoms with E-state index in [9.17, 15) is 22.8 Å². The Morgan fingerprint density at radius 3 is 2.43 bits per heavy atom. The molecule has 1 fully saturated rings. The number of halogens is 4. The standard InChI is InChI=1S/C37H53ClF3N7O5/c1-23(2)28-13-7-24(3)17-31(28)53-35(50)48(21-36(4,5)20-46-32(49)26-9-11-27(42)12-10-26)15-6-16-51-30-14-8-25(18-29(30)38)19-45-33(43)47-34(44)52-22-37(39,40)41/h8-12,14,18,23-24,28,31H,6-7,13,15-17,19-22,42H2,1-5H3,(H,46,49)(H4,43,44,45,47). The molecule has 12 nitrogen and oxygen atoms in total. The minimum atomic E-state index is -4.57. The van der Waals surface area contributed by atoms with Crippen molar-refractivity contribution in [3.05, 3.63) is 58.6 Å². The summed E-state index contributed by atoms with van der Waals surface area (Å²) in [7, 11) is 0. The number of amides is 2. The average Bonchev–Trinajstić information content (AvgIpc) is 3.07. The highest BCUT2D eigenvalue weighted by molar-refractivity contribution is 6.32. The number of aliphatic imine (C=N–C) groups is 2. The largest absolute Gasteiger partial charge is 0.492 e. The summed E-state index contributed by atoms with van der Waals surface area (Å²) >= 11 is 6.46. The normalized spacial score (nSPS) is 18.4. The van der Waals surface area contributed by atoms with Crippen LogP contribution in [0.5, 0.6) is 5.75 Å². The van der Waals surface area contributed by atoms with Crippen LogP contribution < -0.4 is 27.3 Å². The quantitative estimate of drug-likeness (QED) is 0.0665. The number of amidine groups is 1. The van der Waals surface area contributed by atoms with Gasteiger partial charge in [-0.25, -0.2) is 9.79 Å². The molecule has 16 heteroatoms. The van der Waals surface area contributed by atoms with Crippen LogP contribution in [0, 0.1) is 23.2 Å². The van der Waals surface area contributed by atoms with E-state index in [2.05, 4.69) is 40.8 Å². The summed E-state index contributed by atoms with van der Waals surface area (Å²) in [4.78, 5) is 35.8. The molecule has 0 heterocycles. The zero-order valence-corrected chi connectivity index (χ0v) is 31.8. The number of rotatable bonds is 15. The molecule has 1 aliphatic carbocycles. The fraction of sp³-hybridized carbons (Fsp3) is 0.568. The Kier molecular flexibility index (Phi) is 15.9. The third-order valence-corrected chi connectivity index (χ3v) is 9.14. The lowest BCUT2D eigenvalue weighted by molar-refractivity contribution is -0.156. The summed E-state index contributed by atoms with van der Waals surface area (Å²) in [5, 5.41) is 3.28. The first-order chi connectivity index (χ1) is 24.8. The van der Waals surface area contributed by atoms with Crippen LogP contribution in [0.15, 0.2) is 52.4 Å². The lowest BCUT2D eigenvalue weighted by Crippen LogP contribution is -2.47. The molecule has 3 rings (SSSR count). The average molecular weight is 768 g/mol. The first-order valence-corrected chi connectivity index (χ1v) is 18.0. The Bertz CT molecular complexity index is 1570. The fourth-order valence-corrected chi connectivity index (χ4v) is 6.28.